The zero-order valence-corrected chi connectivity index (χ0v) is 11.5. The summed E-state index contributed by atoms with van der Waals surface area (Å²) in [7, 11) is -3.53. The molecule has 2 N–H and O–H groups in total. The first-order valence-electron chi connectivity index (χ1n) is 5.41. The van der Waals surface area contributed by atoms with Gasteiger partial charge in [-0.25, -0.2) is 13.1 Å². The molecule has 0 bridgehead atoms. The van der Waals surface area contributed by atoms with Crippen molar-refractivity contribution in [2.24, 2.45) is 0 Å². The van der Waals surface area contributed by atoms with Crippen molar-refractivity contribution in [1.82, 2.24) is 10.0 Å². The monoisotopic (exact) mass is 290 g/mol. The van der Waals surface area contributed by atoms with Crippen molar-refractivity contribution in [3.05, 3.63) is 29.3 Å². The van der Waals surface area contributed by atoms with Gasteiger partial charge in [-0.3, -0.25) is 4.79 Å². The first kappa shape index (κ1) is 14.9. The highest BCUT2D eigenvalue weighted by atomic mass is 35.5. The molecule has 0 radical (unpaired) electrons. The molecular weight excluding hydrogens is 276 g/mol. The summed E-state index contributed by atoms with van der Waals surface area (Å²) in [4.78, 5) is 10.7. The minimum absolute atomic E-state index is 0.132. The van der Waals surface area contributed by atoms with Crippen LogP contribution in [0.4, 0.5) is 0 Å². The zero-order chi connectivity index (χ0) is 13.6. The van der Waals surface area contributed by atoms with Crippen LogP contribution < -0.4 is 10.0 Å². The summed E-state index contributed by atoms with van der Waals surface area (Å²) in [6.07, 6.45) is 0.527. The standard InChI is InChI=1S/C11H15ClN2O3S/c1-9(15)13-6-3-7-14-18(16,17)11-5-2-4-10(12)8-11/h2,4-5,8,14H,3,6-7H2,1H3,(H,13,15). The SMILES string of the molecule is CC(=O)NCCCNS(=O)(=O)c1cccc(Cl)c1. The van der Waals surface area contributed by atoms with Crippen LogP contribution in [0.25, 0.3) is 0 Å². The van der Waals surface area contributed by atoms with Gasteiger partial charge in [0.25, 0.3) is 0 Å². The van der Waals surface area contributed by atoms with Crippen LogP contribution in [0.2, 0.25) is 5.02 Å². The minimum Gasteiger partial charge on any atom is -0.356 e. The molecular formula is C11H15ClN2O3S. The van der Waals surface area contributed by atoms with E-state index in [2.05, 4.69) is 10.0 Å². The van der Waals surface area contributed by atoms with Crippen LogP contribution in [-0.2, 0) is 14.8 Å². The predicted octanol–water partition coefficient (Wildman–Crippen LogP) is 1.14. The lowest BCUT2D eigenvalue weighted by Gasteiger charge is -2.07. The molecule has 0 aliphatic heterocycles. The molecule has 0 fully saturated rings. The maximum absolute atomic E-state index is 11.8. The summed E-state index contributed by atoms with van der Waals surface area (Å²) in [6.45, 7) is 2.11. The molecule has 0 spiro atoms. The topological polar surface area (TPSA) is 75.3 Å². The van der Waals surface area contributed by atoms with E-state index in [4.69, 9.17) is 11.6 Å². The van der Waals surface area contributed by atoms with Crippen LogP contribution in [0.1, 0.15) is 13.3 Å². The highest BCUT2D eigenvalue weighted by molar-refractivity contribution is 7.89. The van der Waals surface area contributed by atoms with Gasteiger partial charge in [-0.05, 0) is 24.6 Å². The van der Waals surface area contributed by atoms with E-state index in [-0.39, 0.29) is 17.3 Å². The van der Waals surface area contributed by atoms with Crippen molar-refractivity contribution in [2.75, 3.05) is 13.1 Å². The maximum atomic E-state index is 11.8. The largest absolute Gasteiger partial charge is 0.356 e. The third-order valence-corrected chi connectivity index (χ3v) is 3.82. The molecule has 18 heavy (non-hydrogen) atoms. The van der Waals surface area contributed by atoms with E-state index in [9.17, 15) is 13.2 Å². The number of sulfonamides is 1. The summed E-state index contributed by atoms with van der Waals surface area (Å²) >= 11 is 5.73. The predicted molar refractivity (Wildman–Crippen MR) is 69.9 cm³/mol. The number of rotatable bonds is 6. The first-order chi connectivity index (χ1) is 8.42. The third-order valence-electron chi connectivity index (χ3n) is 2.13. The van der Waals surface area contributed by atoms with Gasteiger partial charge >= 0.3 is 0 Å². The number of nitrogens with one attached hydrogen (secondary N) is 2. The Morgan fingerprint density at radius 1 is 1.33 bits per heavy atom. The van der Waals surface area contributed by atoms with Gasteiger partial charge in [0.2, 0.25) is 15.9 Å². The minimum atomic E-state index is -3.53. The molecule has 5 nitrogen and oxygen atoms in total. The third kappa shape index (κ3) is 5.03. The maximum Gasteiger partial charge on any atom is 0.240 e. The van der Waals surface area contributed by atoms with Crippen LogP contribution in [-0.4, -0.2) is 27.4 Å². The Bertz CT molecular complexity index is 517. The number of halogens is 1. The molecule has 1 amide bonds. The molecule has 1 aromatic rings. The second-order valence-electron chi connectivity index (χ2n) is 3.69. The van der Waals surface area contributed by atoms with Crippen LogP contribution in [0.5, 0.6) is 0 Å². The van der Waals surface area contributed by atoms with Gasteiger partial charge in [-0.1, -0.05) is 17.7 Å². The second kappa shape index (κ2) is 6.72. The van der Waals surface area contributed by atoms with Gasteiger partial charge in [-0.15, -0.1) is 0 Å². The van der Waals surface area contributed by atoms with Crippen molar-refractivity contribution in [2.45, 2.75) is 18.2 Å². The number of amides is 1. The molecule has 0 saturated heterocycles. The molecule has 1 aromatic carbocycles. The average Bonchev–Trinajstić information content (AvgIpc) is 2.28. The number of carbonyl (C=O) groups excluding carboxylic acids is 1. The number of benzene rings is 1. The molecule has 100 valence electrons. The lowest BCUT2D eigenvalue weighted by Crippen LogP contribution is -2.28. The lowest BCUT2D eigenvalue weighted by molar-refractivity contribution is -0.118. The molecule has 0 saturated carbocycles. The van der Waals surface area contributed by atoms with E-state index >= 15 is 0 Å². The van der Waals surface area contributed by atoms with Crippen molar-refractivity contribution < 1.29 is 13.2 Å². The van der Waals surface area contributed by atoms with E-state index in [0.717, 1.165) is 0 Å². The van der Waals surface area contributed by atoms with Crippen molar-refractivity contribution >= 4 is 27.5 Å². The molecule has 0 aromatic heterocycles. The van der Waals surface area contributed by atoms with Gasteiger partial charge in [0.1, 0.15) is 0 Å². The van der Waals surface area contributed by atoms with Gasteiger partial charge in [0.05, 0.1) is 4.90 Å². The van der Waals surface area contributed by atoms with Crippen LogP contribution >= 0.6 is 11.6 Å². The Morgan fingerprint density at radius 3 is 2.67 bits per heavy atom. The summed E-state index contributed by atoms with van der Waals surface area (Å²) in [6, 6.07) is 6.05. The van der Waals surface area contributed by atoms with Crippen LogP contribution in [0.3, 0.4) is 0 Å². The molecule has 0 aliphatic rings. The Hall–Kier alpha value is -1.11. The zero-order valence-electron chi connectivity index (χ0n) is 9.94. The summed E-state index contributed by atoms with van der Waals surface area (Å²) in [5.74, 6) is -0.132. The first-order valence-corrected chi connectivity index (χ1v) is 7.27. The van der Waals surface area contributed by atoms with E-state index in [1.54, 1.807) is 12.1 Å². The summed E-state index contributed by atoms with van der Waals surface area (Å²) in [5.41, 5.74) is 0. The fourth-order valence-corrected chi connectivity index (χ4v) is 2.65. The van der Waals surface area contributed by atoms with E-state index < -0.39 is 10.0 Å². The average molecular weight is 291 g/mol. The molecule has 7 heteroatoms. The van der Waals surface area contributed by atoms with Crippen molar-refractivity contribution in [3.8, 4) is 0 Å². The van der Waals surface area contributed by atoms with Crippen molar-refractivity contribution in [1.29, 1.82) is 0 Å². The quantitative estimate of drug-likeness (QED) is 0.772. The van der Waals surface area contributed by atoms with Crippen LogP contribution in [0, 0.1) is 0 Å². The van der Waals surface area contributed by atoms with Gasteiger partial charge < -0.3 is 5.32 Å². The normalized spacial score (nSPS) is 11.2. The fraction of sp³-hybridized carbons (Fsp3) is 0.364. The molecule has 0 aliphatic carbocycles. The number of carbonyl (C=O) groups is 1. The fourth-order valence-electron chi connectivity index (χ4n) is 1.28. The molecule has 0 unspecified atom stereocenters. The highest BCUT2D eigenvalue weighted by Gasteiger charge is 2.12. The second-order valence-corrected chi connectivity index (χ2v) is 5.90. The van der Waals surface area contributed by atoms with Crippen LogP contribution in [0.15, 0.2) is 29.2 Å². The van der Waals surface area contributed by atoms with Crippen molar-refractivity contribution in [3.63, 3.8) is 0 Å². The number of hydrogen-bond donors (Lipinski definition) is 2. The Labute approximate surface area is 112 Å². The van der Waals surface area contributed by atoms with Gasteiger partial charge in [-0.2, -0.15) is 0 Å². The highest BCUT2D eigenvalue weighted by Crippen LogP contribution is 2.14. The molecule has 0 atom stereocenters. The smallest absolute Gasteiger partial charge is 0.240 e. The molecule has 0 heterocycles. The summed E-state index contributed by atoms with van der Waals surface area (Å²) in [5, 5.41) is 2.96. The summed E-state index contributed by atoms with van der Waals surface area (Å²) < 4.78 is 26.1. The van der Waals surface area contributed by atoms with E-state index in [0.29, 0.717) is 18.0 Å². The Kier molecular flexibility index (Phi) is 5.58. The van der Waals surface area contributed by atoms with E-state index in [1.165, 1.54) is 19.1 Å². The Balaban J connectivity index is 2.48. The Morgan fingerprint density at radius 2 is 2.06 bits per heavy atom. The lowest BCUT2D eigenvalue weighted by atomic mass is 10.4. The van der Waals surface area contributed by atoms with Gasteiger partial charge in [0.15, 0.2) is 0 Å². The van der Waals surface area contributed by atoms with E-state index in [1.807, 2.05) is 0 Å². The number of hydrogen-bond acceptors (Lipinski definition) is 3. The van der Waals surface area contributed by atoms with Gasteiger partial charge in [0, 0.05) is 25.0 Å². The molecule has 1 rings (SSSR count).